The molecule has 0 radical (unpaired) electrons. The van der Waals surface area contributed by atoms with Crippen LogP contribution in [-0.4, -0.2) is 17.9 Å². The molecule has 0 amide bonds. The third kappa shape index (κ3) is 1.36. The molecule has 1 heterocycles. The fourth-order valence-corrected chi connectivity index (χ4v) is 3.77. The first-order valence-corrected chi connectivity index (χ1v) is 6.65. The average molecular weight is 237 g/mol. The van der Waals surface area contributed by atoms with Gasteiger partial charge in [-0.3, -0.25) is 4.79 Å². The Hall–Kier alpha value is -0.740. The van der Waals surface area contributed by atoms with Crippen LogP contribution in [0.3, 0.4) is 0 Å². The number of carbonyl (C=O) groups is 1. The molecule has 0 aliphatic heterocycles. The standard InChI is InChI=1S/C12H15NO2S/c1-15-12(6-3-7-12)11-13-8-4-2-5-9(14)10(8)16-11/h2-7H2,1H3. The van der Waals surface area contributed by atoms with Gasteiger partial charge in [0.15, 0.2) is 5.78 Å². The molecular weight excluding hydrogens is 222 g/mol. The number of fused-ring (bicyclic) bond motifs is 1. The van der Waals surface area contributed by atoms with E-state index in [1.807, 2.05) is 0 Å². The molecule has 0 saturated heterocycles. The van der Waals surface area contributed by atoms with Crippen LogP contribution < -0.4 is 0 Å². The summed E-state index contributed by atoms with van der Waals surface area (Å²) in [6.45, 7) is 0. The SMILES string of the molecule is COC1(c2nc3c(s2)C(=O)CCC3)CCC1. The van der Waals surface area contributed by atoms with Crippen LogP contribution in [0.4, 0.5) is 0 Å². The van der Waals surface area contributed by atoms with Gasteiger partial charge in [-0.05, 0) is 32.1 Å². The molecule has 0 N–H and O–H groups in total. The minimum Gasteiger partial charge on any atom is -0.371 e. The third-order valence-electron chi connectivity index (χ3n) is 3.71. The first-order chi connectivity index (χ1) is 7.75. The molecule has 0 unspecified atom stereocenters. The Bertz CT molecular complexity index is 429. The van der Waals surface area contributed by atoms with Crippen molar-refractivity contribution in [1.29, 1.82) is 0 Å². The molecule has 1 aromatic rings. The van der Waals surface area contributed by atoms with Crippen molar-refractivity contribution in [1.82, 2.24) is 4.98 Å². The average Bonchev–Trinajstić information content (AvgIpc) is 2.62. The maximum atomic E-state index is 11.8. The highest BCUT2D eigenvalue weighted by molar-refractivity contribution is 7.14. The van der Waals surface area contributed by atoms with Crippen LogP contribution in [0.25, 0.3) is 0 Å². The summed E-state index contributed by atoms with van der Waals surface area (Å²) in [5.41, 5.74) is 0.849. The van der Waals surface area contributed by atoms with E-state index in [1.165, 1.54) is 6.42 Å². The van der Waals surface area contributed by atoms with Gasteiger partial charge < -0.3 is 4.74 Å². The minimum atomic E-state index is -0.164. The van der Waals surface area contributed by atoms with E-state index >= 15 is 0 Å². The van der Waals surface area contributed by atoms with Gasteiger partial charge in [-0.1, -0.05) is 0 Å². The molecule has 2 aliphatic rings. The molecule has 2 aliphatic carbocycles. The lowest BCUT2D eigenvalue weighted by Crippen LogP contribution is -2.35. The Kier molecular flexibility index (Phi) is 2.37. The minimum absolute atomic E-state index is 0.164. The Balaban J connectivity index is 2.00. The second-order valence-electron chi connectivity index (χ2n) is 4.62. The molecule has 0 bridgehead atoms. The molecule has 0 atom stereocenters. The second kappa shape index (κ2) is 3.64. The molecule has 16 heavy (non-hydrogen) atoms. The smallest absolute Gasteiger partial charge is 0.174 e. The van der Waals surface area contributed by atoms with Crippen LogP contribution in [0.5, 0.6) is 0 Å². The third-order valence-corrected chi connectivity index (χ3v) is 5.03. The van der Waals surface area contributed by atoms with E-state index in [9.17, 15) is 4.79 Å². The largest absolute Gasteiger partial charge is 0.371 e. The molecule has 1 fully saturated rings. The van der Waals surface area contributed by atoms with Crippen molar-refractivity contribution in [3.63, 3.8) is 0 Å². The maximum absolute atomic E-state index is 11.8. The molecule has 1 saturated carbocycles. The zero-order valence-electron chi connectivity index (χ0n) is 9.41. The number of hydrogen-bond donors (Lipinski definition) is 0. The normalized spacial score (nSPS) is 22.7. The summed E-state index contributed by atoms with van der Waals surface area (Å²) in [5, 5.41) is 1.03. The number of nitrogens with zero attached hydrogens (tertiary/aromatic N) is 1. The van der Waals surface area contributed by atoms with Crippen LogP contribution in [-0.2, 0) is 16.8 Å². The summed E-state index contributed by atoms with van der Waals surface area (Å²) in [7, 11) is 1.75. The second-order valence-corrected chi connectivity index (χ2v) is 5.62. The fourth-order valence-electron chi connectivity index (χ4n) is 2.47. The van der Waals surface area contributed by atoms with Gasteiger partial charge in [-0.15, -0.1) is 11.3 Å². The van der Waals surface area contributed by atoms with Gasteiger partial charge in [0, 0.05) is 13.5 Å². The lowest BCUT2D eigenvalue weighted by atomic mass is 9.80. The fraction of sp³-hybridized carbons (Fsp3) is 0.667. The zero-order chi connectivity index (χ0) is 11.2. The van der Waals surface area contributed by atoms with E-state index in [1.54, 1.807) is 18.4 Å². The summed E-state index contributed by atoms with van der Waals surface area (Å²) in [5.74, 6) is 0.274. The van der Waals surface area contributed by atoms with Crippen molar-refractivity contribution < 1.29 is 9.53 Å². The van der Waals surface area contributed by atoms with Crippen LogP contribution in [0.1, 0.15) is 52.5 Å². The number of ether oxygens (including phenoxy) is 1. The highest BCUT2D eigenvalue weighted by atomic mass is 32.1. The number of thiazole rings is 1. The van der Waals surface area contributed by atoms with E-state index in [0.29, 0.717) is 6.42 Å². The Morgan fingerprint density at radius 1 is 1.31 bits per heavy atom. The van der Waals surface area contributed by atoms with Crippen molar-refractivity contribution in [2.45, 2.75) is 44.1 Å². The van der Waals surface area contributed by atoms with Crippen molar-refractivity contribution in [2.75, 3.05) is 7.11 Å². The molecule has 1 aromatic heterocycles. The molecule has 4 heteroatoms. The predicted octanol–water partition coefficient (Wildman–Crippen LogP) is 2.69. The van der Waals surface area contributed by atoms with Gasteiger partial charge in [0.05, 0.1) is 10.6 Å². The van der Waals surface area contributed by atoms with E-state index < -0.39 is 0 Å². The number of rotatable bonds is 2. The maximum Gasteiger partial charge on any atom is 0.174 e. The number of Topliss-reactive ketones (excluding diaryl/α,β-unsaturated/α-hetero) is 1. The van der Waals surface area contributed by atoms with E-state index in [-0.39, 0.29) is 11.4 Å². The number of carbonyl (C=O) groups excluding carboxylic acids is 1. The summed E-state index contributed by atoms with van der Waals surface area (Å²) >= 11 is 1.57. The van der Waals surface area contributed by atoms with Crippen LogP contribution in [0.15, 0.2) is 0 Å². The van der Waals surface area contributed by atoms with Crippen molar-refractivity contribution in [3.05, 3.63) is 15.6 Å². The van der Waals surface area contributed by atoms with Gasteiger partial charge in [0.1, 0.15) is 10.6 Å². The Labute approximate surface area is 98.8 Å². The highest BCUT2D eigenvalue weighted by Crippen LogP contribution is 2.46. The van der Waals surface area contributed by atoms with E-state index in [2.05, 4.69) is 4.98 Å². The number of methoxy groups -OCH3 is 1. The molecule has 3 rings (SSSR count). The number of aryl methyl sites for hydroxylation is 1. The summed E-state index contributed by atoms with van der Waals surface area (Å²) in [6, 6.07) is 0. The quantitative estimate of drug-likeness (QED) is 0.794. The number of ketones is 1. The highest BCUT2D eigenvalue weighted by Gasteiger charge is 2.42. The Morgan fingerprint density at radius 3 is 2.69 bits per heavy atom. The van der Waals surface area contributed by atoms with Gasteiger partial charge in [-0.25, -0.2) is 4.98 Å². The lowest BCUT2D eigenvalue weighted by Gasteiger charge is -2.38. The molecular formula is C12H15NO2S. The molecule has 0 aromatic carbocycles. The molecule has 0 spiro atoms. The number of aromatic nitrogens is 1. The van der Waals surface area contributed by atoms with Crippen LogP contribution in [0.2, 0.25) is 0 Å². The topological polar surface area (TPSA) is 39.2 Å². The monoisotopic (exact) mass is 237 g/mol. The van der Waals surface area contributed by atoms with Crippen molar-refractivity contribution in [3.8, 4) is 0 Å². The first-order valence-electron chi connectivity index (χ1n) is 5.84. The molecule has 3 nitrogen and oxygen atoms in total. The summed E-state index contributed by atoms with van der Waals surface area (Å²) in [4.78, 5) is 17.3. The van der Waals surface area contributed by atoms with E-state index in [0.717, 1.165) is 41.3 Å². The van der Waals surface area contributed by atoms with Crippen LogP contribution >= 0.6 is 11.3 Å². The summed E-state index contributed by atoms with van der Waals surface area (Å²) < 4.78 is 5.61. The Morgan fingerprint density at radius 2 is 2.12 bits per heavy atom. The molecule has 86 valence electrons. The number of hydrogen-bond acceptors (Lipinski definition) is 4. The lowest BCUT2D eigenvalue weighted by molar-refractivity contribution is -0.0780. The summed E-state index contributed by atoms with van der Waals surface area (Å²) in [6.07, 6.45) is 5.89. The van der Waals surface area contributed by atoms with Crippen molar-refractivity contribution >= 4 is 17.1 Å². The van der Waals surface area contributed by atoms with Gasteiger partial charge >= 0.3 is 0 Å². The van der Waals surface area contributed by atoms with Crippen molar-refractivity contribution in [2.24, 2.45) is 0 Å². The zero-order valence-corrected chi connectivity index (χ0v) is 10.2. The van der Waals surface area contributed by atoms with Gasteiger partial charge in [0.2, 0.25) is 0 Å². The first kappa shape index (κ1) is 10.4. The van der Waals surface area contributed by atoms with Gasteiger partial charge in [0.25, 0.3) is 0 Å². The van der Waals surface area contributed by atoms with Crippen LogP contribution in [0, 0.1) is 0 Å². The predicted molar refractivity (Wildman–Crippen MR) is 61.9 cm³/mol. The van der Waals surface area contributed by atoms with E-state index in [4.69, 9.17) is 4.74 Å². The van der Waals surface area contributed by atoms with Gasteiger partial charge in [-0.2, -0.15) is 0 Å².